The average Bonchev–Trinajstić information content (AvgIpc) is 3.37. The van der Waals surface area contributed by atoms with Crippen molar-refractivity contribution in [1.82, 2.24) is 9.88 Å². The normalized spacial score (nSPS) is 14.3. The summed E-state index contributed by atoms with van der Waals surface area (Å²) < 4.78 is 19.5. The van der Waals surface area contributed by atoms with Crippen LogP contribution < -0.4 is 0 Å². The second kappa shape index (κ2) is 6.51. The molecule has 5 heteroatoms. The van der Waals surface area contributed by atoms with Gasteiger partial charge in [0.2, 0.25) is 11.8 Å². The number of para-hydroxylation sites is 2. The van der Waals surface area contributed by atoms with Crippen molar-refractivity contribution in [3.05, 3.63) is 71.9 Å². The zero-order valence-corrected chi connectivity index (χ0v) is 13.6. The first-order chi connectivity index (χ1) is 12.2. The molecular weight excluding hydrogens is 319 g/mol. The Bertz CT molecular complexity index is 911. The van der Waals surface area contributed by atoms with E-state index in [2.05, 4.69) is 4.98 Å². The minimum atomic E-state index is -0.288. The molecule has 0 aliphatic heterocycles. The number of halogens is 1. The van der Waals surface area contributed by atoms with E-state index in [0.717, 1.165) is 18.4 Å². The van der Waals surface area contributed by atoms with Crippen molar-refractivity contribution in [3.8, 4) is 0 Å². The van der Waals surface area contributed by atoms with Crippen LogP contribution in [0.1, 0.15) is 24.3 Å². The van der Waals surface area contributed by atoms with Crippen LogP contribution in [0, 0.1) is 5.82 Å². The maximum absolute atomic E-state index is 13.9. The molecule has 3 aromatic rings. The molecule has 0 saturated heterocycles. The predicted octanol–water partition coefficient (Wildman–Crippen LogP) is 4.17. The molecule has 1 amide bonds. The Morgan fingerprint density at radius 1 is 1.20 bits per heavy atom. The summed E-state index contributed by atoms with van der Waals surface area (Å²) >= 11 is 0. The first-order valence-corrected chi connectivity index (χ1v) is 8.28. The summed E-state index contributed by atoms with van der Waals surface area (Å²) in [6, 6.07) is 14.2. The predicted molar refractivity (Wildman–Crippen MR) is 93.0 cm³/mol. The van der Waals surface area contributed by atoms with Crippen molar-refractivity contribution in [2.45, 2.75) is 25.4 Å². The quantitative estimate of drug-likeness (QED) is 0.657. The molecule has 0 N–H and O–H groups in total. The second-order valence-corrected chi connectivity index (χ2v) is 6.14. The molecule has 0 bridgehead atoms. The zero-order chi connectivity index (χ0) is 17.2. The van der Waals surface area contributed by atoms with Gasteiger partial charge in [-0.1, -0.05) is 30.3 Å². The molecule has 1 aliphatic rings. The summed E-state index contributed by atoms with van der Waals surface area (Å²) in [4.78, 5) is 18.6. The summed E-state index contributed by atoms with van der Waals surface area (Å²) in [6.45, 7) is 0.272. The maximum atomic E-state index is 13.9. The average molecular weight is 336 g/mol. The summed E-state index contributed by atoms with van der Waals surface area (Å²) in [5.41, 5.74) is 1.96. The fourth-order valence-corrected chi connectivity index (χ4v) is 2.78. The number of rotatable bonds is 5. The highest BCUT2D eigenvalue weighted by molar-refractivity contribution is 5.92. The summed E-state index contributed by atoms with van der Waals surface area (Å²) in [6.07, 6.45) is 4.93. The monoisotopic (exact) mass is 336 g/mol. The van der Waals surface area contributed by atoms with Gasteiger partial charge in [-0.05, 0) is 31.0 Å². The summed E-state index contributed by atoms with van der Waals surface area (Å²) in [7, 11) is 0. The first-order valence-electron chi connectivity index (χ1n) is 8.28. The van der Waals surface area contributed by atoms with Crippen LogP contribution in [0.15, 0.2) is 59.0 Å². The molecule has 1 aromatic heterocycles. The van der Waals surface area contributed by atoms with E-state index in [1.807, 2.05) is 24.3 Å². The Morgan fingerprint density at radius 2 is 1.96 bits per heavy atom. The van der Waals surface area contributed by atoms with E-state index in [-0.39, 0.29) is 24.3 Å². The molecule has 0 unspecified atom stereocenters. The number of fused-ring (bicyclic) bond motifs is 1. The lowest BCUT2D eigenvalue weighted by Gasteiger charge is -2.21. The van der Waals surface area contributed by atoms with Crippen LogP contribution in [0.4, 0.5) is 4.39 Å². The van der Waals surface area contributed by atoms with Crippen molar-refractivity contribution in [3.63, 3.8) is 0 Å². The fraction of sp³-hybridized carbons (Fsp3) is 0.200. The molecule has 2 aromatic carbocycles. The molecule has 1 aliphatic carbocycles. The van der Waals surface area contributed by atoms with E-state index in [1.165, 1.54) is 12.1 Å². The van der Waals surface area contributed by atoms with Crippen LogP contribution in [0.2, 0.25) is 0 Å². The van der Waals surface area contributed by atoms with E-state index in [9.17, 15) is 9.18 Å². The van der Waals surface area contributed by atoms with Crippen LogP contribution in [0.3, 0.4) is 0 Å². The van der Waals surface area contributed by atoms with Crippen molar-refractivity contribution in [1.29, 1.82) is 0 Å². The number of hydrogen-bond donors (Lipinski definition) is 0. The standard InChI is InChI=1S/C20H17FN2O2/c21-16-6-2-1-5-14(16)13-23(15-9-10-15)20(24)12-11-19-22-17-7-3-4-8-18(17)25-19/h1-8,11-12,15H,9-10,13H2/b12-11+. The minimum Gasteiger partial charge on any atom is -0.437 e. The smallest absolute Gasteiger partial charge is 0.247 e. The molecule has 1 fully saturated rings. The Hall–Kier alpha value is -2.95. The second-order valence-electron chi connectivity index (χ2n) is 6.14. The molecular formula is C20H17FN2O2. The Labute approximate surface area is 144 Å². The molecule has 0 spiro atoms. The van der Waals surface area contributed by atoms with E-state index in [0.29, 0.717) is 17.0 Å². The van der Waals surface area contributed by atoms with Crippen LogP contribution in [0.5, 0.6) is 0 Å². The van der Waals surface area contributed by atoms with Crippen LogP contribution in [0.25, 0.3) is 17.2 Å². The number of carbonyl (C=O) groups is 1. The van der Waals surface area contributed by atoms with Crippen molar-refractivity contribution in [2.24, 2.45) is 0 Å². The van der Waals surface area contributed by atoms with Gasteiger partial charge in [-0.25, -0.2) is 9.37 Å². The summed E-state index contributed by atoms with van der Waals surface area (Å²) in [5, 5.41) is 0. The SMILES string of the molecule is O=C(/C=C/c1nc2ccccc2o1)N(Cc1ccccc1F)C1CC1. The molecule has 126 valence electrons. The number of nitrogens with zero attached hydrogens (tertiary/aromatic N) is 2. The highest BCUT2D eigenvalue weighted by atomic mass is 19.1. The van der Waals surface area contributed by atoms with E-state index < -0.39 is 0 Å². The van der Waals surface area contributed by atoms with Gasteiger partial charge in [-0.3, -0.25) is 4.79 Å². The van der Waals surface area contributed by atoms with Gasteiger partial charge in [0.15, 0.2) is 5.58 Å². The number of benzene rings is 2. The highest BCUT2D eigenvalue weighted by Gasteiger charge is 2.32. The number of carbonyl (C=O) groups excluding carboxylic acids is 1. The van der Waals surface area contributed by atoms with Gasteiger partial charge in [0.25, 0.3) is 0 Å². The Kier molecular flexibility index (Phi) is 4.06. The highest BCUT2D eigenvalue weighted by Crippen LogP contribution is 2.29. The first kappa shape index (κ1) is 15.6. The number of oxazole rings is 1. The van der Waals surface area contributed by atoms with E-state index in [4.69, 9.17) is 4.42 Å². The van der Waals surface area contributed by atoms with Crippen LogP contribution in [-0.2, 0) is 11.3 Å². The summed E-state index contributed by atoms with van der Waals surface area (Å²) in [5.74, 6) is -0.0620. The molecule has 1 saturated carbocycles. The number of hydrogen-bond acceptors (Lipinski definition) is 3. The topological polar surface area (TPSA) is 46.3 Å². The largest absolute Gasteiger partial charge is 0.437 e. The van der Waals surface area contributed by atoms with Gasteiger partial charge in [0, 0.05) is 30.3 Å². The molecule has 0 atom stereocenters. The van der Waals surface area contributed by atoms with Gasteiger partial charge in [-0.2, -0.15) is 0 Å². The Morgan fingerprint density at radius 3 is 2.72 bits per heavy atom. The third kappa shape index (κ3) is 3.45. The molecule has 4 rings (SSSR count). The van der Waals surface area contributed by atoms with Gasteiger partial charge in [0.1, 0.15) is 11.3 Å². The molecule has 1 heterocycles. The number of aromatic nitrogens is 1. The van der Waals surface area contributed by atoms with Gasteiger partial charge in [-0.15, -0.1) is 0 Å². The molecule has 4 nitrogen and oxygen atoms in total. The lowest BCUT2D eigenvalue weighted by molar-refractivity contribution is -0.127. The van der Waals surface area contributed by atoms with Crippen molar-refractivity contribution >= 4 is 23.1 Å². The van der Waals surface area contributed by atoms with Crippen molar-refractivity contribution in [2.75, 3.05) is 0 Å². The number of amides is 1. The van der Waals surface area contributed by atoms with Gasteiger partial charge in [0.05, 0.1) is 0 Å². The third-order valence-corrected chi connectivity index (χ3v) is 4.25. The van der Waals surface area contributed by atoms with Crippen LogP contribution >= 0.6 is 0 Å². The van der Waals surface area contributed by atoms with Crippen molar-refractivity contribution < 1.29 is 13.6 Å². The maximum Gasteiger partial charge on any atom is 0.247 e. The molecule has 25 heavy (non-hydrogen) atoms. The third-order valence-electron chi connectivity index (χ3n) is 4.25. The molecule has 0 radical (unpaired) electrons. The lowest BCUT2D eigenvalue weighted by Crippen LogP contribution is -2.31. The Balaban J connectivity index is 1.52. The van der Waals surface area contributed by atoms with Crippen LogP contribution in [-0.4, -0.2) is 21.8 Å². The lowest BCUT2D eigenvalue weighted by atomic mass is 10.2. The van der Waals surface area contributed by atoms with E-state index >= 15 is 0 Å². The van der Waals surface area contributed by atoms with Gasteiger partial charge < -0.3 is 9.32 Å². The minimum absolute atomic E-state index is 0.159. The fourth-order valence-electron chi connectivity index (χ4n) is 2.78. The van der Waals surface area contributed by atoms with Gasteiger partial charge >= 0.3 is 0 Å². The zero-order valence-electron chi connectivity index (χ0n) is 13.6. The van der Waals surface area contributed by atoms with E-state index in [1.54, 1.807) is 29.2 Å².